The van der Waals surface area contributed by atoms with Crippen LogP contribution >= 0.6 is 46.4 Å². The van der Waals surface area contributed by atoms with Gasteiger partial charge in [-0.05, 0) is 12.1 Å². The van der Waals surface area contributed by atoms with Gasteiger partial charge >= 0.3 is 5.97 Å². The van der Waals surface area contributed by atoms with Gasteiger partial charge in [0.2, 0.25) is 0 Å². The fourth-order valence-corrected chi connectivity index (χ4v) is 3.50. The van der Waals surface area contributed by atoms with Crippen molar-refractivity contribution in [3.63, 3.8) is 0 Å². The van der Waals surface area contributed by atoms with Gasteiger partial charge < -0.3 is 4.74 Å². The van der Waals surface area contributed by atoms with Crippen molar-refractivity contribution in [3.8, 4) is 0 Å². The van der Waals surface area contributed by atoms with Gasteiger partial charge in [-0.1, -0.05) is 46.4 Å². The van der Waals surface area contributed by atoms with Crippen LogP contribution in [0.5, 0.6) is 0 Å². The van der Waals surface area contributed by atoms with E-state index in [0.717, 1.165) is 13.2 Å². The predicted octanol–water partition coefficient (Wildman–Crippen LogP) is 4.99. The van der Waals surface area contributed by atoms with E-state index in [-0.39, 0.29) is 55.6 Å². The molecule has 9 nitrogen and oxygen atoms in total. The molecule has 160 valence electrons. The van der Waals surface area contributed by atoms with Gasteiger partial charge in [-0.2, -0.15) is 0 Å². The average Bonchev–Trinajstić information content (AvgIpc) is 2.69. The smallest absolute Gasteiger partial charge is 0.323 e. The Balaban J connectivity index is 2.41. The Morgan fingerprint density at radius 2 is 1.43 bits per heavy atom. The van der Waals surface area contributed by atoms with Crippen molar-refractivity contribution >= 4 is 63.7 Å². The number of carbonyl (C=O) groups excluding carboxylic acids is 1. The molecule has 0 aromatic heterocycles. The minimum atomic E-state index is -1.15. The van der Waals surface area contributed by atoms with Gasteiger partial charge in [0, 0.05) is 25.1 Å². The largest absolute Gasteiger partial charge is 0.468 e. The summed E-state index contributed by atoms with van der Waals surface area (Å²) < 4.78 is 4.73. The summed E-state index contributed by atoms with van der Waals surface area (Å²) in [5, 5.41) is 25.4. The summed E-state index contributed by atoms with van der Waals surface area (Å²) >= 11 is 24.1. The number of ether oxygens (including phenoxy) is 1. The van der Waals surface area contributed by atoms with Crippen LogP contribution in [0.25, 0.3) is 0 Å². The first-order valence-corrected chi connectivity index (χ1v) is 9.63. The molecule has 2 aromatic rings. The van der Waals surface area contributed by atoms with Crippen molar-refractivity contribution in [2.24, 2.45) is 0 Å². The molecule has 0 aliphatic rings. The first-order chi connectivity index (χ1) is 14.1. The summed E-state index contributed by atoms with van der Waals surface area (Å²) in [6, 6.07) is 3.73. The molecule has 1 atom stereocenters. The summed E-state index contributed by atoms with van der Waals surface area (Å²) in [4.78, 5) is 33.6. The van der Waals surface area contributed by atoms with Gasteiger partial charge in [-0.15, -0.1) is 0 Å². The molecule has 30 heavy (non-hydrogen) atoms. The highest BCUT2D eigenvalue weighted by molar-refractivity contribution is 6.43. The number of nitro benzene ring substituents is 2. The maximum absolute atomic E-state index is 12.3. The Kier molecular flexibility index (Phi) is 8.22. The van der Waals surface area contributed by atoms with Crippen LogP contribution in [0.2, 0.25) is 20.1 Å². The average molecular weight is 497 g/mol. The molecule has 0 bridgehead atoms. The lowest BCUT2D eigenvalue weighted by atomic mass is 10.0. The quantitative estimate of drug-likeness (QED) is 0.310. The molecule has 13 heteroatoms. The van der Waals surface area contributed by atoms with Crippen molar-refractivity contribution in [1.82, 2.24) is 5.32 Å². The number of nitrogens with one attached hydrogen (secondary N) is 1. The number of esters is 1. The molecule has 0 radical (unpaired) electrons. The summed E-state index contributed by atoms with van der Waals surface area (Å²) in [6.45, 7) is -0.249. The molecule has 0 saturated heterocycles. The molecular weight excluding hydrogens is 484 g/mol. The third-order valence-corrected chi connectivity index (χ3v) is 5.84. The molecular formula is C17H13Cl4N3O6. The Hall–Kier alpha value is -2.17. The Morgan fingerprint density at radius 3 is 1.90 bits per heavy atom. The molecule has 0 aliphatic heterocycles. The lowest BCUT2D eigenvalue weighted by molar-refractivity contribution is -0.385. The topological polar surface area (TPSA) is 125 Å². The number of rotatable bonds is 8. The number of hydrogen-bond donors (Lipinski definition) is 1. The van der Waals surface area contributed by atoms with E-state index >= 15 is 0 Å². The summed E-state index contributed by atoms with van der Waals surface area (Å²) in [7, 11) is 1.12. The van der Waals surface area contributed by atoms with Gasteiger partial charge in [-0.25, -0.2) is 0 Å². The van der Waals surface area contributed by atoms with Gasteiger partial charge in [0.05, 0.1) is 48.2 Å². The molecule has 2 aromatic carbocycles. The Morgan fingerprint density at radius 1 is 0.967 bits per heavy atom. The second-order valence-corrected chi connectivity index (χ2v) is 7.46. The van der Waals surface area contributed by atoms with E-state index in [1.807, 2.05) is 0 Å². The molecule has 1 N–H and O–H groups in total. The van der Waals surface area contributed by atoms with Gasteiger partial charge in [0.15, 0.2) is 0 Å². The predicted molar refractivity (Wildman–Crippen MR) is 113 cm³/mol. The fraction of sp³-hybridized carbons (Fsp3) is 0.235. The highest BCUT2D eigenvalue weighted by Crippen LogP contribution is 2.35. The monoisotopic (exact) mass is 495 g/mol. The van der Waals surface area contributed by atoms with Gasteiger partial charge in [-0.3, -0.25) is 30.3 Å². The Labute approximate surface area is 190 Å². The van der Waals surface area contributed by atoms with Crippen LogP contribution in [-0.2, 0) is 22.5 Å². The SMILES string of the molecule is COC(=O)C(Cc1c([N+](=O)[O-])ccc(Cl)c1Cl)NCc1c([N+](=O)[O-])ccc(Cl)c1Cl. The maximum Gasteiger partial charge on any atom is 0.323 e. The standard InChI is InChI=1S/C17H13Cl4N3O6/c1-30-17(25)12(6-8-13(23(26)27)4-2-10(18)15(8)20)22-7-9-14(24(28)29)5-3-11(19)16(9)21/h2-5,12,22H,6-7H2,1H3. The lowest BCUT2D eigenvalue weighted by Crippen LogP contribution is -2.39. The molecule has 0 spiro atoms. The van der Waals surface area contributed by atoms with Crippen molar-refractivity contribution in [2.45, 2.75) is 19.0 Å². The third kappa shape index (κ3) is 5.30. The molecule has 0 fully saturated rings. The number of methoxy groups -OCH3 is 1. The molecule has 0 saturated carbocycles. The zero-order chi connectivity index (χ0) is 22.6. The molecule has 1 unspecified atom stereocenters. The lowest BCUT2D eigenvalue weighted by Gasteiger charge is -2.18. The van der Waals surface area contributed by atoms with Crippen LogP contribution in [0.1, 0.15) is 11.1 Å². The van der Waals surface area contributed by atoms with Crippen LogP contribution < -0.4 is 5.32 Å². The summed E-state index contributed by atoms with van der Waals surface area (Å²) in [5.41, 5.74) is -0.613. The van der Waals surface area contributed by atoms with E-state index in [9.17, 15) is 25.0 Å². The molecule has 0 heterocycles. The Bertz CT molecular complexity index is 1020. The van der Waals surface area contributed by atoms with Crippen molar-refractivity contribution in [1.29, 1.82) is 0 Å². The maximum atomic E-state index is 12.3. The van der Waals surface area contributed by atoms with E-state index in [2.05, 4.69) is 5.32 Å². The fourth-order valence-electron chi connectivity index (χ4n) is 2.68. The molecule has 2 rings (SSSR count). The van der Waals surface area contributed by atoms with E-state index in [1.54, 1.807) is 0 Å². The minimum Gasteiger partial charge on any atom is -0.468 e. The normalized spacial score (nSPS) is 11.8. The molecule has 0 aliphatic carbocycles. The summed E-state index contributed by atoms with van der Waals surface area (Å²) in [6.07, 6.45) is -0.269. The van der Waals surface area contributed by atoms with E-state index < -0.39 is 21.9 Å². The number of carbonyl (C=O) groups is 1. The summed E-state index contributed by atoms with van der Waals surface area (Å²) in [5.74, 6) is -0.777. The first kappa shape index (κ1) is 24.1. The first-order valence-electron chi connectivity index (χ1n) is 8.12. The van der Waals surface area contributed by atoms with Crippen LogP contribution in [0, 0.1) is 20.2 Å². The van der Waals surface area contributed by atoms with Crippen LogP contribution in [0.3, 0.4) is 0 Å². The van der Waals surface area contributed by atoms with Crippen molar-refractivity contribution in [2.75, 3.05) is 7.11 Å². The highest BCUT2D eigenvalue weighted by Gasteiger charge is 2.28. The third-order valence-electron chi connectivity index (χ3n) is 4.16. The van der Waals surface area contributed by atoms with E-state index in [4.69, 9.17) is 51.1 Å². The molecule has 0 amide bonds. The number of nitrogens with zero attached hydrogens (tertiary/aromatic N) is 2. The van der Waals surface area contributed by atoms with Gasteiger partial charge in [0.1, 0.15) is 6.04 Å². The van der Waals surface area contributed by atoms with E-state index in [0.29, 0.717) is 0 Å². The number of nitro groups is 2. The second-order valence-electron chi connectivity index (χ2n) is 5.89. The van der Waals surface area contributed by atoms with Gasteiger partial charge in [0.25, 0.3) is 11.4 Å². The van der Waals surface area contributed by atoms with Crippen molar-refractivity contribution < 1.29 is 19.4 Å². The number of hydrogen-bond acceptors (Lipinski definition) is 7. The second kappa shape index (κ2) is 10.2. The van der Waals surface area contributed by atoms with Crippen LogP contribution in [0.15, 0.2) is 24.3 Å². The van der Waals surface area contributed by atoms with Crippen molar-refractivity contribution in [3.05, 3.63) is 75.7 Å². The number of halogens is 4. The zero-order valence-corrected chi connectivity index (χ0v) is 18.2. The minimum absolute atomic E-state index is 0.00348. The zero-order valence-electron chi connectivity index (χ0n) is 15.2. The van der Waals surface area contributed by atoms with E-state index in [1.165, 1.54) is 18.2 Å². The van der Waals surface area contributed by atoms with Crippen LogP contribution in [0.4, 0.5) is 11.4 Å². The number of benzene rings is 2. The van der Waals surface area contributed by atoms with Crippen LogP contribution in [-0.4, -0.2) is 29.0 Å². The highest BCUT2D eigenvalue weighted by atomic mass is 35.5.